The van der Waals surface area contributed by atoms with Gasteiger partial charge >= 0.3 is 5.97 Å². The summed E-state index contributed by atoms with van der Waals surface area (Å²) in [5, 5.41) is 21.2. The number of non-ortho nitro benzene ring substituents is 1. The highest BCUT2D eigenvalue weighted by atomic mass is 16.7. The maximum atomic E-state index is 12.0. The molecule has 3 rings (SSSR count). The summed E-state index contributed by atoms with van der Waals surface area (Å²) in [6.07, 6.45) is 0.104. The number of esters is 1. The van der Waals surface area contributed by atoms with Crippen LogP contribution in [0.15, 0.2) is 48.5 Å². The summed E-state index contributed by atoms with van der Waals surface area (Å²) in [6.45, 7) is 0. The summed E-state index contributed by atoms with van der Waals surface area (Å²) in [4.78, 5) is 22.1. The first-order valence-electron chi connectivity index (χ1n) is 6.28. The highest BCUT2D eigenvalue weighted by Gasteiger charge is 2.40. The second-order valence-electron chi connectivity index (χ2n) is 4.81. The zero-order valence-electron chi connectivity index (χ0n) is 10.9. The molecule has 0 aromatic heterocycles. The van der Waals surface area contributed by atoms with E-state index < -0.39 is 16.7 Å². The van der Waals surface area contributed by atoms with Crippen LogP contribution in [-0.4, -0.2) is 16.0 Å². The van der Waals surface area contributed by atoms with Crippen molar-refractivity contribution in [2.24, 2.45) is 0 Å². The number of carbonyl (C=O) groups is 1. The molecule has 1 unspecified atom stereocenters. The summed E-state index contributed by atoms with van der Waals surface area (Å²) in [5.41, 5.74) is 1.31. The third-order valence-corrected chi connectivity index (χ3v) is 3.46. The van der Waals surface area contributed by atoms with Crippen LogP contribution in [0.25, 0.3) is 0 Å². The van der Waals surface area contributed by atoms with E-state index in [-0.39, 0.29) is 12.1 Å². The van der Waals surface area contributed by atoms with Crippen LogP contribution in [0.2, 0.25) is 0 Å². The molecule has 6 heteroatoms. The molecule has 1 aliphatic rings. The van der Waals surface area contributed by atoms with Gasteiger partial charge in [-0.15, -0.1) is 0 Å². The minimum absolute atomic E-state index is 0.0927. The molecule has 6 nitrogen and oxygen atoms in total. The lowest BCUT2D eigenvalue weighted by Crippen LogP contribution is -2.39. The van der Waals surface area contributed by atoms with Crippen molar-refractivity contribution in [3.05, 3.63) is 75.3 Å². The minimum atomic E-state index is -1.80. The molecular formula is C15H11NO5. The Morgan fingerprint density at radius 1 is 1.14 bits per heavy atom. The molecule has 0 amide bonds. The maximum Gasteiger partial charge on any atom is 0.341 e. The maximum absolute atomic E-state index is 12.0. The summed E-state index contributed by atoms with van der Waals surface area (Å²) in [5.74, 6) is -2.42. The summed E-state index contributed by atoms with van der Waals surface area (Å²) < 4.78 is 5.13. The molecule has 0 radical (unpaired) electrons. The van der Waals surface area contributed by atoms with Crippen molar-refractivity contribution in [2.75, 3.05) is 0 Å². The quantitative estimate of drug-likeness (QED) is 0.518. The van der Waals surface area contributed by atoms with E-state index in [0.29, 0.717) is 16.7 Å². The third-order valence-electron chi connectivity index (χ3n) is 3.46. The number of benzene rings is 2. The molecule has 1 atom stereocenters. The molecule has 0 bridgehead atoms. The van der Waals surface area contributed by atoms with Crippen molar-refractivity contribution >= 4 is 11.7 Å². The molecule has 0 saturated carbocycles. The molecule has 2 aromatic rings. The van der Waals surface area contributed by atoms with Gasteiger partial charge in [0.05, 0.1) is 10.5 Å². The van der Waals surface area contributed by atoms with E-state index >= 15 is 0 Å². The monoisotopic (exact) mass is 285 g/mol. The molecule has 2 aromatic carbocycles. The predicted octanol–water partition coefficient (Wildman–Crippen LogP) is 2.15. The van der Waals surface area contributed by atoms with Gasteiger partial charge in [0, 0.05) is 24.1 Å². The predicted molar refractivity (Wildman–Crippen MR) is 72.6 cm³/mol. The van der Waals surface area contributed by atoms with Crippen LogP contribution < -0.4 is 0 Å². The lowest BCUT2D eigenvalue weighted by molar-refractivity contribution is -0.384. The number of aliphatic hydroxyl groups is 1. The molecule has 0 fully saturated rings. The normalized spacial score (nSPS) is 20.5. The third kappa shape index (κ3) is 2.25. The van der Waals surface area contributed by atoms with Crippen LogP contribution in [-0.2, 0) is 16.9 Å². The number of hydrogen-bond donors (Lipinski definition) is 1. The topological polar surface area (TPSA) is 89.7 Å². The van der Waals surface area contributed by atoms with Gasteiger partial charge in [-0.1, -0.05) is 18.2 Å². The van der Waals surface area contributed by atoms with Crippen LogP contribution >= 0.6 is 0 Å². The fraction of sp³-hybridized carbons (Fsp3) is 0.133. The number of cyclic esters (lactones) is 1. The molecule has 1 N–H and O–H groups in total. The van der Waals surface area contributed by atoms with Crippen molar-refractivity contribution in [1.82, 2.24) is 0 Å². The van der Waals surface area contributed by atoms with Crippen LogP contribution in [0.5, 0.6) is 0 Å². The second-order valence-corrected chi connectivity index (χ2v) is 4.81. The number of hydrogen-bond acceptors (Lipinski definition) is 5. The van der Waals surface area contributed by atoms with Crippen molar-refractivity contribution in [3.63, 3.8) is 0 Å². The van der Waals surface area contributed by atoms with Crippen molar-refractivity contribution in [1.29, 1.82) is 0 Å². The SMILES string of the molecule is O=C1OC(O)(c2ccc([N+](=O)[O-])cc2)Cc2ccccc21. The average Bonchev–Trinajstić information content (AvgIpc) is 2.47. The van der Waals surface area contributed by atoms with Gasteiger partial charge in [-0.2, -0.15) is 0 Å². The first-order valence-corrected chi connectivity index (χ1v) is 6.28. The van der Waals surface area contributed by atoms with Gasteiger partial charge in [-0.3, -0.25) is 10.1 Å². The average molecular weight is 285 g/mol. The Morgan fingerprint density at radius 2 is 1.81 bits per heavy atom. The lowest BCUT2D eigenvalue weighted by atomic mass is 9.92. The number of nitro benzene ring substituents is 1. The van der Waals surface area contributed by atoms with Crippen LogP contribution in [0.4, 0.5) is 5.69 Å². The standard InChI is InChI=1S/C15H11NO5/c17-14-13-4-2-1-3-10(13)9-15(18,21-14)11-5-7-12(8-6-11)16(19)20/h1-8,18H,9H2. The molecular weight excluding hydrogens is 274 g/mol. The van der Waals surface area contributed by atoms with E-state index in [1.165, 1.54) is 24.3 Å². The summed E-state index contributed by atoms with van der Waals surface area (Å²) in [6, 6.07) is 12.2. The van der Waals surface area contributed by atoms with Crippen molar-refractivity contribution < 1.29 is 19.6 Å². The van der Waals surface area contributed by atoms with E-state index in [1.54, 1.807) is 24.3 Å². The van der Waals surface area contributed by atoms with Gasteiger partial charge in [0.15, 0.2) is 0 Å². The Kier molecular flexibility index (Phi) is 2.95. The number of rotatable bonds is 2. The Bertz CT molecular complexity index is 725. The fourth-order valence-electron chi connectivity index (χ4n) is 2.38. The van der Waals surface area contributed by atoms with Gasteiger partial charge < -0.3 is 9.84 Å². The van der Waals surface area contributed by atoms with E-state index in [9.17, 15) is 20.0 Å². The van der Waals surface area contributed by atoms with E-state index in [4.69, 9.17) is 4.74 Å². The number of carbonyl (C=O) groups excluding carboxylic acids is 1. The van der Waals surface area contributed by atoms with Crippen molar-refractivity contribution in [2.45, 2.75) is 12.2 Å². The van der Waals surface area contributed by atoms with E-state index in [2.05, 4.69) is 0 Å². The molecule has 21 heavy (non-hydrogen) atoms. The number of nitrogens with zero attached hydrogens (tertiary/aromatic N) is 1. The zero-order chi connectivity index (χ0) is 15.0. The first kappa shape index (κ1) is 13.3. The molecule has 106 valence electrons. The molecule has 0 spiro atoms. The lowest BCUT2D eigenvalue weighted by Gasteiger charge is -2.32. The summed E-state index contributed by atoms with van der Waals surface area (Å²) >= 11 is 0. The van der Waals surface area contributed by atoms with Crippen LogP contribution in [0, 0.1) is 10.1 Å². The number of nitro groups is 1. The smallest absolute Gasteiger partial charge is 0.341 e. The minimum Gasteiger partial charge on any atom is -0.425 e. The van der Waals surface area contributed by atoms with Crippen molar-refractivity contribution in [3.8, 4) is 0 Å². The first-order chi connectivity index (χ1) is 9.99. The summed E-state index contributed by atoms with van der Waals surface area (Å²) in [7, 11) is 0. The van der Waals surface area contributed by atoms with Crippen LogP contribution in [0.3, 0.4) is 0 Å². The fourth-order valence-corrected chi connectivity index (χ4v) is 2.38. The van der Waals surface area contributed by atoms with Crippen LogP contribution in [0.1, 0.15) is 21.5 Å². The van der Waals surface area contributed by atoms with Gasteiger partial charge in [0.25, 0.3) is 5.69 Å². The highest BCUT2D eigenvalue weighted by molar-refractivity contribution is 5.92. The number of ether oxygens (including phenoxy) is 1. The zero-order valence-corrected chi connectivity index (χ0v) is 10.9. The van der Waals surface area contributed by atoms with Gasteiger partial charge in [-0.25, -0.2) is 4.79 Å². The van der Waals surface area contributed by atoms with Gasteiger partial charge in [0.1, 0.15) is 0 Å². The number of fused-ring (bicyclic) bond motifs is 1. The van der Waals surface area contributed by atoms with Gasteiger partial charge in [-0.05, 0) is 23.8 Å². The molecule has 0 saturated heterocycles. The molecule has 1 heterocycles. The molecule has 0 aliphatic carbocycles. The Morgan fingerprint density at radius 3 is 2.48 bits per heavy atom. The Hall–Kier alpha value is -2.73. The Balaban J connectivity index is 1.99. The second kappa shape index (κ2) is 4.68. The highest BCUT2D eigenvalue weighted by Crippen LogP contribution is 2.34. The molecule has 1 aliphatic heterocycles. The van der Waals surface area contributed by atoms with E-state index in [1.807, 2.05) is 0 Å². The van der Waals surface area contributed by atoms with E-state index in [0.717, 1.165) is 0 Å². The Labute approximate surface area is 119 Å². The largest absolute Gasteiger partial charge is 0.425 e. The van der Waals surface area contributed by atoms with Gasteiger partial charge in [0.2, 0.25) is 5.79 Å².